The van der Waals surface area contributed by atoms with Crippen LogP contribution in [-0.4, -0.2) is 26.0 Å². The first-order chi connectivity index (χ1) is 9.24. The highest BCUT2D eigenvalue weighted by atomic mass is 79.9. The molecule has 0 heterocycles. The van der Waals surface area contributed by atoms with Gasteiger partial charge in [0.1, 0.15) is 0 Å². The molecular formula is C13H18BrNO4S. The van der Waals surface area contributed by atoms with Crippen LogP contribution in [0.25, 0.3) is 0 Å². The van der Waals surface area contributed by atoms with Gasteiger partial charge in [0, 0.05) is 11.0 Å². The molecular weight excluding hydrogens is 346 g/mol. The van der Waals surface area contributed by atoms with E-state index in [1.165, 1.54) is 18.2 Å². The number of nitrogens with one attached hydrogen (secondary N) is 1. The van der Waals surface area contributed by atoms with Gasteiger partial charge in [-0.3, -0.25) is 0 Å². The summed E-state index contributed by atoms with van der Waals surface area (Å²) in [6.07, 6.45) is 1.71. The Bertz CT molecular complexity index is 584. The van der Waals surface area contributed by atoms with Crippen molar-refractivity contribution in [2.45, 2.75) is 31.6 Å². The second-order valence-corrected chi connectivity index (χ2v) is 7.47. The Morgan fingerprint density at radius 1 is 1.40 bits per heavy atom. The molecule has 0 aliphatic heterocycles. The molecule has 0 atom stereocenters. The molecule has 0 saturated carbocycles. The maximum atomic E-state index is 12.1. The molecule has 7 heteroatoms. The molecule has 112 valence electrons. The number of rotatable bonds is 7. The Kier molecular flexibility index (Phi) is 6.16. The van der Waals surface area contributed by atoms with Crippen LogP contribution in [0.4, 0.5) is 0 Å². The SMILES string of the molecule is CC(C)CCCNS(=O)(=O)c1ccc(C(=O)O)cc1Br. The summed E-state index contributed by atoms with van der Waals surface area (Å²) in [5.74, 6) is -0.569. The third-order valence-electron chi connectivity index (χ3n) is 2.72. The summed E-state index contributed by atoms with van der Waals surface area (Å²) in [6.45, 7) is 4.53. The Morgan fingerprint density at radius 2 is 2.05 bits per heavy atom. The van der Waals surface area contributed by atoms with E-state index >= 15 is 0 Å². The zero-order valence-corrected chi connectivity index (χ0v) is 13.8. The fourth-order valence-electron chi connectivity index (χ4n) is 1.65. The molecule has 0 aliphatic rings. The molecule has 20 heavy (non-hydrogen) atoms. The van der Waals surface area contributed by atoms with Gasteiger partial charge in [-0.05, 0) is 52.9 Å². The maximum absolute atomic E-state index is 12.1. The normalized spacial score (nSPS) is 11.8. The summed E-state index contributed by atoms with van der Waals surface area (Å²) in [6, 6.07) is 3.85. The van der Waals surface area contributed by atoms with E-state index < -0.39 is 16.0 Å². The summed E-state index contributed by atoms with van der Waals surface area (Å²) in [4.78, 5) is 10.9. The largest absolute Gasteiger partial charge is 0.478 e. The van der Waals surface area contributed by atoms with Gasteiger partial charge < -0.3 is 5.11 Å². The first kappa shape index (κ1) is 17.1. The molecule has 5 nitrogen and oxygen atoms in total. The summed E-state index contributed by atoms with van der Waals surface area (Å²) in [7, 11) is -3.62. The van der Waals surface area contributed by atoms with Crippen molar-refractivity contribution in [2.75, 3.05) is 6.54 Å². The number of sulfonamides is 1. The first-order valence-electron chi connectivity index (χ1n) is 6.26. The van der Waals surface area contributed by atoms with Crippen molar-refractivity contribution >= 4 is 31.9 Å². The molecule has 0 bridgehead atoms. The quantitative estimate of drug-likeness (QED) is 0.729. The van der Waals surface area contributed by atoms with Crippen LogP contribution >= 0.6 is 15.9 Å². The van der Waals surface area contributed by atoms with E-state index in [2.05, 4.69) is 34.5 Å². The molecule has 1 rings (SSSR count). The van der Waals surface area contributed by atoms with Gasteiger partial charge in [-0.1, -0.05) is 13.8 Å². The number of benzene rings is 1. The van der Waals surface area contributed by atoms with Crippen molar-refractivity contribution in [2.24, 2.45) is 5.92 Å². The fourth-order valence-corrected chi connectivity index (χ4v) is 3.80. The average Bonchev–Trinajstić information content (AvgIpc) is 2.34. The summed E-state index contributed by atoms with van der Waals surface area (Å²) in [5.41, 5.74) is 0.0376. The van der Waals surface area contributed by atoms with Crippen molar-refractivity contribution in [1.82, 2.24) is 4.72 Å². The predicted molar refractivity (Wildman–Crippen MR) is 80.4 cm³/mol. The molecule has 0 unspecified atom stereocenters. The second kappa shape index (κ2) is 7.19. The Labute approximate surface area is 127 Å². The molecule has 0 fully saturated rings. The van der Waals surface area contributed by atoms with E-state index in [1.807, 2.05) is 0 Å². The molecule has 0 saturated heterocycles. The molecule has 1 aromatic rings. The minimum atomic E-state index is -3.62. The minimum Gasteiger partial charge on any atom is -0.478 e. The highest BCUT2D eigenvalue weighted by Crippen LogP contribution is 2.23. The van der Waals surface area contributed by atoms with Crippen LogP contribution in [-0.2, 0) is 10.0 Å². The van der Waals surface area contributed by atoms with Crippen LogP contribution in [0, 0.1) is 5.92 Å². The van der Waals surface area contributed by atoms with Crippen LogP contribution in [0.15, 0.2) is 27.6 Å². The Balaban J connectivity index is 2.80. The van der Waals surface area contributed by atoms with E-state index in [-0.39, 0.29) is 14.9 Å². The summed E-state index contributed by atoms with van der Waals surface area (Å²) >= 11 is 3.10. The number of halogens is 1. The van der Waals surface area contributed by atoms with E-state index in [0.29, 0.717) is 12.5 Å². The topological polar surface area (TPSA) is 83.5 Å². The van der Waals surface area contributed by atoms with Gasteiger partial charge in [0.05, 0.1) is 10.5 Å². The lowest BCUT2D eigenvalue weighted by molar-refractivity contribution is 0.0696. The smallest absolute Gasteiger partial charge is 0.335 e. The Hall–Kier alpha value is -0.920. The van der Waals surface area contributed by atoms with Crippen LogP contribution < -0.4 is 4.72 Å². The first-order valence-corrected chi connectivity index (χ1v) is 8.54. The predicted octanol–water partition coefficient (Wildman–Crippen LogP) is 2.86. The lowest BCUT2D eigenvalue weighted by Gasteiger charge is -2.10. The van der Waals surface area contributed by atoms with Gasteiger partial charge in [0.2, 0.25) is 10.0 Å². The van der Waals surface area contributed by atoms with Gasteiger partial charge in [-0.15, -0.1) is 0 Å². The maximum Gasteiger partial charge on any atom is 0.335 e. The highest BCUT2D eigenvalue weighted by Gasteiger charge is 2.18. The third kappa shape index (κ3) is 4.88. The molecule has 0 radical (unpaired) electrons. The Morgan fingerprint density at radius 3 is 2.55 bits per heavy atom. The van der Waals surface area contributed by atoms with Crippen LogP contribution in [0.1, 0.15) is 37.0 Å². The molecule has 0 aromatic heterocycles. The van der Waals surface area contributed by atoms with Crippen molar-refractivity contribution in [1.29, 1.82) is 0 Å². The van der Waals surface area contributed by atoms with Crippen LogP contribution in [0.5, 0.6) is 0 Å². The van der Waals surface area contributed by atoms with Gasteiger partial charge in [-0.2, -0.15) is 0 Å². The van der Waals surface area contributed by atoms with E-state index in [1.54, 1.807) is 0 Å². The van der Waals surface area contributed by atoms with E-state index in [0.717, 1.165) is 12.8 Å². The van der Waals surface area contributed by atoms with Crippen LogP contribution in [0.2, 0.25) is 0 Å². The number of aromatic carboxylic acids is 1. The molecule has 1 aromatic carbocycles. The molecule has 0 spiro atoms. The molecule has 0 amide bonds. The number of hydrogen-bond acceptors (Lipinski definition) is 3. The monoisotopic (exact) mass is 363 g/mol. The lowest BCUT2D eigenvalue weighted by atomic mass is 10.1. The third-order valence-corrected chi connectivity index (χ3v) is 5.16. The van der Waals surface area contributed by atoms with Crippen molar-refractivity contribution in [3.63, 3.8) is 0 Å². The highest BCUT2D eigenvalue weighted by molar-refractivity contribution is 9.10. The molecule has 2 N–H and O–H groups in total. The number of carbonyl (C=O) groups is 1. The summed E-state index contributed by atoms with van der Waals surface area (Å²) < 4.78 is 26.9. The number of hydrogen-bond donors (Lipinski definition) is 2. The van der Waals surface area contributed by atoms with Crippen LogP contribution in [0.3, 0.4) is 0 Å². The van der Waals surface area contributed by atoms with Gasteiger partial charge in [0.15, 0.2) is 0 Å². The van der Waals surface area contributed by atoms with Gasteiger partial charge in [-0.25, -0.2) is 17.9 Å². The summed E-state index contributed by atoms with van der Waals surface area (Å²) in [5, 5.41) is 8.84. The van der Waals surface area contributed by atoms with Crippen molar-refractivity contribution in [3.05, 3.63) is 28.2 Å². The van der Waals surface area contributed by atoms with Gasteiger partial charge in [0.25, 0.3) is 0 Å². The van der Waals surface area contributed by atoms with Crippen molar-refractivity contribution < 1.29 is 18.3 Å². The zero-order valence-electron chi connectivity index (χ0n) is 11.4. The van der Waals surface area contributed by atoms with E-state index in [4.69, 9.17) is 5.11 Å². The number of carboxylic acid groups (broad SMARTS) is 1. The minimum absolute atomic E-state index is 0.0376. The molecule has 0 aliphatic carbocycles. The number of carboxylic acids is 1. The van der Waals surface area contributed by atoms with Crippen molar-refractivity contribution in [3.8, 4) is 0 Å². The van der Waals surface area contributed by atoms with E-state index in [9.17, 15) is 13.2 Å². The lowest BCUT2D eigenvalue weighted by Crippen LogP contribution is -2.25. The average molecular weight is 364 g/mol. The standard InChI is InChI=1S/C13H18BrNO4S/c1-9(2)4-3-7-15-20(18,19)12-6-5-10(13(16)17)8-11(12)14/h5-6,8-9,15H,3-4,7H2,1-2H3,(H,16,17). The fraction of sp³-hybridized carbons (Fsp3) is 0.462. The second-order valence-electron chi connectivity index (χ2n) is 4.88. The zero-order chi connectivity index (χ0) is 15.3. The van der Waals surface area contributed by atoms with Gasteiger partial charge >= 0.3 is 5.97 Å².